The Labute approximate surface area is 162 Å². The number of nitrogens with zero attached hydrogens (tertiary/aromatic N) is 4. The molecule has 140 valence electrons. The van der Waals surface area contributed by atoms with Crippen LogP contribution in [0.3, 0.4) is 0 Å². The lowest BCUT2D eigenvalue weighted by Crippen LogP contribution is -2.37. The van der Waals surface area contributed by atoms with Crippen LogP contribution in [0.1, 0.15) is 12.5 Å². The second kappa shape index (κ2) is 8.75. The van der Waals surface area contributed by atoms with Crippen LogP contribution in [-0.4, -0.2) is 52.2 Å². The van der Waals surface area contributed by atoms with E-state index >= 15 is 0 Å². The molecule has 0 saturated carbocycles. The molecule has 0 radical (unpaired) electrons. The number of nitrogens with one attached hydrogen (secondary N) is 1. The van der Waals surface area contributed by atoms with E-state index in [0.717, 1.165) is 29.8 Å². The predicted octanol–water partition coefficient (Wildman–Crippen LogP) is 2.10. The van der Waals surface area contributed by atoms with Crippen LogP contribution < -0.4 is 10.2 Å². The summed E-state index contributed by atoms with van der Waals surface area (Å²) in [4.78, 5) is 14.5. The van der Waals surface area contributed by atoms with Crippen LogP contribution in [0.5, 0.6) is 0 Å². The highest BCUT2D eigenvalue weighted by atomic mass is 35.5. The lowest BCUT2D eigenvalue weighted by Gasteiger charge is -2.27. The number of thioether (sulfide) groups is 1. The Morgan fingerprint density at radius 1 is 1.31 bits per heavy atom. The van der Waals surface area contributed by atoms with Crippen LogP contribution in [0.2, 0.25) is 5.02 Å². The van der Waals surface area contributed by atoms with Gasteiger partial charge in [-0.15, -0.1) is 10.2 Å². The first-order valence-electron chi connectivity index (χ1n) is 8.45. The molecule has 7 nitrogen and oxygen atoms in total. The molecule has 1 unspecified atom stereocenters. The quantitative estimate of drug-likeness (QED) is 0.755. The average molecular weight is 396 g/mol. The molecular weight excluding hydrogens is 374 g/mol. The normalized spacial score (nSPS) is 15.7. The fourth-order valence-electron chi connectivity index (χ4n) is 2.60. The summed E-state index contributed by atoms with van der Waals surface area (Å²) < 4.78 is 7.30. The lowest BCUT2D eigenvalue weighted by atomic mass is 10.2. The van der Waals surface area contributed by atoms with Crippen molar-refractivity contribution in [3.8, 4) is 0 Å². The SMILES string of the molecule is CC(Sc1nnc(N2CCOCC2)n1C)C(=O)NCc1ccc(Cl)cc1. The fourth-order valence-corrected chi connectivity index (χ4v) is 3.56. The zero-order valence-corrected chi connectivity index (χ0v) is 16.4. The molecule has 3 rings (SSSR count). The molecule has 1 aromatic carbocycles. The molecule has 1 aliphatic rings. The van der Waals surface area contributed by atoms with Crippen LogP contribution in [-0.2, 0) is 23.1 Å². The van der Waals surface area contributed by atoms with E-state index in [1.807, 2.05) is 42.8 Å². The number of amides is 1. The summed E-state index contributed by atoms with van der Waals surface area (Å²) in [7, 11) is 1.92. The second-order valence-electron chi connectivity index (χ2n) is 6.05. The molecule has 1 saturated heterocycles. The predicted molar refractivity (Wildman–Crippen MR) is 103 cm³/mol. The van der Waals surface area contributed by atoms with Gasteiger partial charge in [0.25, 0.3) is 0 Å². The third-order valence-corrected chi connectivity index (χ3v) is 5.52. The fraction of sp³-hybridized carbons (Fsp3) is 0.471. The van der Waals surface area contributed by atoms with Crippen molar-refractivity contribution in [1.82, 2.24) is 20.1 Å². The summed E-state index contributed by atoms with van der Waals surface area (Å²) in [5.41, 5.74) is 1.01. The number of benzene rings is 1. The Hall–Kier alpha value is -1.77. The van der Waals surface area contributed by atoms with Gasteiger partial charge in [0.15, 0.2) is 5.16 Å². The molecule has 1 atom stereocenters. The Kier molecular flexibility index (Phi) is 6.39. The molecule has 2 heterocycles. The van der Waals surface area contributed by atoms with E-state index in [-0.39, 0.29) is 11.2 Å². The van der Waals surface area contributed by atoms with Gasteiger partial charge in [0.1, 0.15) is 0 Å². The standard InChI is InChI=1S/C17H22ClN5O2S/c1-12(15(24)19-11-13-3-5-14(18)6-4-13)26-17-21-20-16(22(17)2)23-7-9-25-10-8-23/h3-6,12H,7-11H2,1-2H3,(H,19,24). The number of aromatic nitrogens is 3. The minimum absolute atomic E-state index is 0.0409. The van der Waals surface area contributed by atoms with E-state index in [0.29, 0.717) is 24.8 Å². The number of anilines is 1. The van der Waals surface area contributed by atoms with E-state index in [1.54, 1.807) is 0 Å². The summed E-state index contributed by atoms with van der Waals surface area (Å²) in [6.45, 7) is 5.32. The number of hydrogen-bond donors (Lipinski definition) is 1. The molecule has 1 amide bonds. The maximum absolute atomic E-state index is 12.4. The van der Waals surface area contributed by atoms with Crippen LogP contribution >= 0.6 is 23.4 Å². The van der Waals surface area contributed by atoms with E-state index in [2.05, 4.69) is 20.4 Å². The number of carbonyl (C=O) groups is 1. The highest BCUT2D eigenvalue weighted by Crippen LogP contribution is 2.25. The maximum atomic E-state index is 12.4. The third kappa shape index (κ3) is 4.69. The van der Waals surface area contributed by atoms with Crippen molar-refractivity contribution in [3.63, 3.8) is 0 Å². The smallest absolute Gasteiger partial charge is 0.233 e. The van der Waals surface area contributed by atoms with Crippen molar-refractivity contribution in [1.29, 1.82) is 0 Å². The summed E-state index contributed by atoms with van der Waals surface area (Å²) in [6.07, 6.45) is 0. The molecule has 1 N–H and O–H groups in total. The van der Waals surface area contributed by atoms with E-state index < -0.39 is 0 Å². The van der Waals surface area contributed by atoms with Gasteiger partial charge < -0.3 is 15.0 Å². The van der Waals surface area contributed by atoms with Crippen molar-refractivity contribution < 1.29 is 9.53 Å². The van der Waals surface area contributed by atoms with Crippen molar-refractivity contribution in [2.24, 2.45) is 7.05 Å². The summed E-state index contributed by atoms with van der Waals surface area (Å²) in [5, 5.41) is 12.6. The third-order valence-electron chi connectivity index (χ3n) is 4.14. The minimum Gasteiger partial charge on any atom is -0.378 e. The van der Waals surface area contributed by atoms with Crippen LogP contribution in [0, 0.1) is 0 Å². The molecule has 1 fully saturated rings. The molecule has 1 aliphatic heterocycles. The van der Waals surface area contributed by atoms with Crippen molar-refractivity contribution >= 4 is 35.2 Å². The van der Waals surface area contributed by atoms with E-state index in [4.69, 9.17) is 16.3 Å². The molecule has 26 heavy (non-hydrogen) atoms. The van der Waals surface area contributed by atoms with Crippen LogP contribution in [0.4, 0.5) is 5.95 Å². The number of rotatable bonds is 6. The zero-order valence-electron chi connectivity index (χ0n) is 14.8. The van der Waals surface area contributed by atoms with Gasteiger partial charge in [-0.25, -0.2) is 0 Å². The first kappa shape index (κ1) is 19.0. The molecule has 0 aliphatic carbocycles. The highest BCUT2D eigenvalue weighted by molar-refractivity contribution is 8.00. The van der Waals surface area contributed by atoms with Gasteiger partial charge in [0, 0.05) is 31.7 Å². The average Bonchev–Trinajstić information content (AvgIpc) is 3.02. The van der Waals surface area contributed by atoms with Gasteiger partial charge in [-0.2, -0.15) is 0 Å². The molecule has 0 spiro atoms. The summed E-state index contributed by atoms with van der Waals surface area (Å²) in [6, 6.07) is 7.43. The number of halogens is 1. The lowest BCUT2D eigenvalue weighted by molar-refractivity contribution is -0.120. The van der Waals surface area contributed by atoms with Crippen LogP contribution in [0.25, 0.3) is 0 Å². The Morgan fingerprint density at radius 3 is 2.69 bits per heavy atom. The maximum Gasteiger partial charge on any atom is 0.233 e. The Morgan fingerprint density at radius 2 is 2.00 bits per heavy atom. The topological polar surface area (TPSA) is 72.3 Å². The van der Waals surface area contributed by atoms with Crippen molar-refractivity contribution in [2.45, 2.75) is 23.9 Å². The number of carbonyl (C=O) groups excluding carboxylic acids is 1. The van der Waals surface area contributed by atoms with Gasteiger partial charge in [0.05, 0.1) is 18.5 Å². The number of morpholine rings is 1. The van der Waals surface area contributed by atoms with Crippen molar-refractivity contribution in [2.75, 3.05) is 31.2 Å². The Bertz CT molecular complexity index is 746. The molecule has 9 heteroatoms. The van der Waals surface area contributed by atoms with E-state index in [1.165, 1.54) is 11.8 Å². The largest absolute Gasteiger partial charge is 0.378 e. The zero-order chi connectivity index (χ0) is 18.5. The monoisotopic (exact) mass is 395 g/mol. The number of ether oxygens (including phenoxy) is 1. The van der Waals surface area contributed by atoms with Gasteiger partial charge in [-0.3, -0.25) is 9.36 Å². The first-order valence-corrected chi connectivity index (χ1v) is 9.71. The summed E-state index contributed by atoms with van der Waals surface area (Å²) >= 11 is 7.27. The van der Waals surface area contributed by atoms with Gasteiger partial charge >= 0.3 is 0 Å². The van der Waals surface area contributed by atoms with Crippen molar-refractivity contribution in [3.05, 3.63) is 34.9 Å². The highest BCUT2D eigenvalue weighted by Gasteiger charge is 2.22. The van der Waals surface area contributed by atoms with Gasteiger partial charge in [-0.1, -0.05) is 35.5 Å². The second-order valence-corrected chi connectivity index (χ2v) is 7.79. The van der Waals surface area contributed by atoms with Crippen LogP contribution in [0.15, 0.2) is 29.4 Å². The molecule has 2 aromatic rings. The minimum atomic E-state index is -0.275. The molecular formula is C17H22ClN5O2S. The number of hydrogen-bond acceptors (Lipinski definition) is 6. The van der Waals surface area contributed by atoms with Gasteiger partial charge in [-0.05, 0) is 24.6 Å². The molecule has 1 aromatic heterocycles. The first-order chi connectivity index (χ1) is 12.5. The molecule has 0 bridgehead atoms. The van der Waals surface area contributed by atoms with Gasteiger partial charge in [0.2, 0.25) is 11.9 Å². The summed E-state index contributed by atoms with van der Waals surface area (Å²) in [5.74, 6) is 0.769. The Balaban J connectivity index is 1.55. The van der Waals surface area contributed by atoms with E-state index in [9.17, 15) is 4.79 Å².